The molecule has 1 unspecified atom stereocenters. The van der Waals surface area contributed by atoms with Gasteiger partial charge in [0.2, 0.25) is 0 Å². The Morgan fingerprint density at radius 3 is 2.82 bits per heavy atom. The van der Waals surface area contributed by atoms with Crippen molar-refractivity contribution >= 4 is 28.9 Å². The van der Waals surface area contributed by atoms with Gasteiger partial charge in [0, 0.05) is 23.0 Å². The van der Waals surface area contributed by atoms with Gasteiger partial charge in [-0.1, -0.05) is 29.8 Å². The fourth-order valence-electron chi connectivity index (χ4n) is 1.62. The second-order valence-electron chi connectivity index (χ2n) is 3.54. The Hall–Kier alpha value is -1.39. The minimum absolute atomic E-state index is 0.372. The number of carbonyl (C=O) groups is 1. The molecule has 0 aliphatic rings. The minimum Gasteiger partial charge on any atom is -0.481 e. The van der Waals surface area contributed by atoms with E-state index in [4.69, 9.17) is 11.6 Å². The number of aliphatic carboxylic acids is 1. The molecule has 1 aromatic carbocycles. The normalized spacial score (nSPS) is 12.3. The highest BCUT2D eigenvalue weighted by atomic mass is 35.5. The van der Waals surface area contributed by atoms with Gasteiger partial charge < -0.3 is 5.11 Å². The summed E-state index contributed by atoms with van der Waals surface area (Å²) in [6, 6.07) is 7.02. The van der Waals surface area contributed by atoms with Crippen LogP contribution in [-0.4, -0.2) is 16.1 Å². The molecule has 0 saturated carbocycles. The molecule has 17 heavy (non-hydrogen) atoms. The quantitative estimate of drug-likeness (QED) is 0.925. The molecule has 0 spiro atoms. The summed E-state index contributed by atoms with van der Waals surface area (Å²) in [7, 11) is 0. The molecule has 0 radical (unpaired) electrons. The zero-order valence-electron chi connectivity index (χ0n) is 8.84. The predicted octanol–water partition coefficient (Wildman–Crippen LogP) is 3.21. The largest absolute Gasteiger partial charge is 0.481 e. The fraction of sp³-hybridized carbons (Fsp3) is 0.167. The van der Waals surface area contributed by atoms with Gasteiger partial charge in [-0.05, 0) is 11.6 Å². The lowest BCUT2D eigenvalue weighted by molar-refractivity contribution is -0.138. The third-order valence-electron chi connectivity index (χ3n) is 2.44. The van der Waals surface area contributed by atoms with E-state index in [2.05, 4.69) is 4.98 Å². The fourth-order valence-corrected chi connectivity index (χ4v) is 2.55. The summed E-state index contributed by atoms with van der Waals surface area (Å²) in [6.07, 6.45) is 2.04. The van der Waals surface area contributed by atoms with Crippen LogP contribution in [0.4, 0.5) is 0 Å². The maximum Gasteiger partial charge on any atom is 0.311 e. The standard InChI is InChI=1S/C12H10ClNO2S/c13-10-4-2-1-3-8(10)9(12(15)16)7-11-14-5-6-17-11/h1-6,9H,7H2,(H,15,16). The summed E-state index contributed by atoms with van der Waals surface area (Å²) in [5.41, 5.74) is 0.636. The highest BCUT2D eigenvalue weighted by Gasteiger charge is 2.23. The van der Waals surface area contributed by atoms with Crippen LogP contribution in [0.5, 0.6) is 0 Å². The van der Waals surface area contributed by atoms with E-state index < -0.39 is 11.9 Å². The lowest BCUT2D eigenvalue weighted by Crippen LogP contribution is -2.14. The smallest absolute Gasteiger partial charge is 0.311 e. The molecule has 0 amide bonds. The van der Waals surface area contributed by atoms with Crippen molar-refractivity contribution in [2.75, 3.05) is 0 Å². The number of hydrogen-bond acceptors (Lipinski definition) is 3. The average molecular weight is 268 g/mol. The monoisotopic (exact) mass is 267 g/mol. The minimum atomic E-state index is -0.881. The van der Waals surface area contributed by atoms with Crippen molar-refractivity contribution in [2.45, 2.75) is 12.3 Å². The molecule has 2 rings (SSSR count). The second-order valence-corrected chi connectivity index (χ2v) is 4.93. The maximum atomic E-state index is 11.3. The molecule has 0 saturated heterocycles. The summed E-state index contributed by atoms with van der Waals surface area (Å²) < 4.78 is 0. The van der Waals surface area contributed by atoms with E-state index in [1.807, 2.05) is 5.38 Å². The third-order valence-corrected chi connectivity index (χ3v) is 3.59. The summed E-state index contributed by atoms with van der Waals surface area (Å²) in [6.45, 7) is 0. The first-order valence-corrected chi connectivity index (χ1v) is 6.30. The van der Waals surface area contributed by atoms with Crippen LogP contribution in [0, 0.1) is 0 Å². The number of benzene rings is 1. The molecule has 2 aromatic rings. The number of carboxylic acid groups (broad SMARTS) is 1. The third kappa shape index (κ3) is 2.84. The Kier molecular flexibility index (Phi) is 3.76. The van der Waals surface area contributed by atoms with Gasteiger partial charge in [-0.3, -0.25) is 4.79 Å². The van der Waals surface area contributed by atoms with Crippen molar-refractivity contribution < 1.29 is 9.90 Å². The second kappa shape index (κ2) is 5.29. The van der Waals surface area contributed by atoms with Gasteiger partial charge in [-0.2, -0.15) is 0 Å². The van der Waals surface area contributed by atoms with Crippen molar-refractivity contribution in [3.8, 4) is 0 Å². The Bertz CT molecular complexity index is 513. The predicted molar refractivity (Wildman–Crippen MR) is 67.6 cm³/mol. The molecular weight excluding hydrogens is 258 g/mol. The van der Waals surface area contributed by atoms with Crippen LogP contribution in [0.1, 0.15) is 16.5 Å². The van der Waals surface area contributed by atoms with Crippen LogP contribution in [0.3, 0.4) is 0 Å². The zero-order chi connectivity index (χ0) is 12.3. The van der Waals surface area contributed by atoms with Crippen LogP contribution >= 0.6 is 22.9 Å². The van der Waals surface area contributed by atoms with Crippen LogP contribution in [-0.2, 0) is 11.2 Å². The molecule has 1 aromatic heterocycles. The van der Waals surface area contributed by atoms with E-state index in [9.17, 15) is 9.90 Å². The molecule has 0 aliphatic carbocycles. The number of hydrogen-bond donors (Lipinski definition) is 1. The van der Waals surface area contributed by atoms with Gasteiger partial charge in [-0.25, -0.2) is 4.98 Å². The topological polar surface area (TPSA) is 50.2 Å². The Morgan fingerprint density at radius 1 is 1.47 bits per heavy atom. The van der Waals surface area contributed by atoms with Crippen molar-refractivity contribution in [3.63, 3.8) is 0 Å². The molecule has 0 fully saturated rings. The number of nitrogens with zero attached hydrogens (tertiary/aromatic N) is 1. The van der Waals surface area contributed by atoms with Gasteiger partial charge in [0.25, 0.3) is 0 Å². The lowest BCUT2D eigenvalue weighted by atomic mass is 9.96. The number of rotatable bonds is 4. The van der Waals surface area contributed by atoms with E-state index in [1.165, 1.54) is 11.3 Å². The summed E-state index contributed by atoms with van der Waals surface area (Å²) in [5, 5.41) is 12.4. The molecule has 3 nitrogen and oxygen atoms in total. The maximum absolute atomic E-state index is 11.3. The van der Waals surface area contributed by atoms with Crippen LogP contribution in [0.15, 0.2) is 35.8 Å². The summed E-state index contributed by atoms with van der Waals surface area (Å²) in [4.78, 5) is 15.4. The van der Waals surface area contributed by atoms with E-state index in [0.717, 1.165) is 5.01 Å². The molecule has 1 N–H and O–H groups in total. The molecule has 1 heterocycles. The van der Waals surface area contributed by atoms with Gasteiger partial charge in [0.05, 0.1) is 10.9 Å². The van der Waals surface area contributed by atoms with Crippen LogP contribution < -0.4 is 0 Å². The highest BCUT2D eigenvalue weighted by Crippen LogP contribution is 2.28. The summed E-state index contributed by atoms with van der Waals surface area (Å²) >= 11 is 7.47. The Balaban J connectivity index is 2.30. The lowest BCUT2D eigenvalue weighted by Gasteiger charge is -2.12. The molecular formula is C12H10ClNO2S. The number of carboxylic acids is 1. The van der Waals surface area contributed by atoms with E-state index in [-0.39, 0.29) is 0 Å². The van der Waals surface area contributed by atoms with Crippen molar-refractivity contribution in [2.24, 2.45) is 0 Å². The molecule has 5 heteroatoms. The number of aromatic nitrogens is 1. The van der Waals surface area contributed by atoms with Gasteiger partial charge in [-0.15, -0.1) is 11.3 Å². The van der Waals surface area contributed by atoms with E-state index in [0.29, 0.717) is 17.0 Å². The summed E-state index contributed by atoms with van der Waals surface area (Å²) in [5.74, 6) is -1.52. The highest BCUT2D eigenvalue weighted by molar-refractivity contribution is 7.09. The SMILES string of the molecule is O=C(O)C(Cc1nccs1)c1ccccc1Cl. The van der Waals surface area contributed by atoms with Gasteiger partial charge in [0.1, 0.15) is 0 Å². The Morgan fingerprint density at radius 2 is 2.24 bits per heavy atom. The molecule has 0 aliphatic heterocycles. The first-order chi connectivity index (χ1) is 8.18. The van der Waals surface area contributed by atoms with Gasteiger partial charge in [0.15, 0.2) is 0 Å². The zero-order valence-corrected chi connectivity index (χ0v) is 10.4. The van der Waals surface area contributed by atoms with Crippen LogP contribution in [0.2, 0.25) is 5.02 Å². The van der Waals surface area contributed by atoms with Crippen molar-refractivity contribution in [1.29, 1.82) is 0 Å². The molecule has 0 bridgehead atoms. The van der Waals surface area contributed by atoms with Gasteiger partial charge >= 0.3 is 5.97 Å². The Labute approximate surface area is 108 Å². The van der Waals surface area contributed by atoms with Crippen molar-refractivity contribution in [3.05, 3.63) is 51.4 Å². The number of halogens is 1. The first-order valence-electron chi connectivity index (χ1n) is 5.04. The number of thiazole rings is 1. The van der Waals surface area contributed by atoms with Crippen molar-refractivity contribution in [1.82, 2.24) is 4.98 Å². The van der Waals surface area contributed by atoms with E-state index >= 15 is 0 Å². The molecule has 1 atom stereocenters. The van der Waals surface area contributed by atoms with Crippen LogP contribution in [0.25, 0.3) is 0 Å². The molecule has 88 valence electrons. The average Bonchev–Trinajstić information content (AvgIpc) is 2.79. The first kappa shape index (κ1) is 12.1. The van der Waals surface area contributed by atoms with E-state index in [1.54, 1.807) is 30.5 Å².